The number of aryl methyl sites for hydroxylation is 1. The molecular weight excluding hydrogens is 350 g/mol. The van der Waals surface area contributed by atoms with Crippen LogP contribution in [0, 0.1) is 0 Å². The van der Waals surface area contributed by atoms with Gasteiger partial charge in [-0.25, -0.2) is 0 Å². The van der Waals surface area contributed by atoms with Crippen LogP contribution in [0.25, 0.3) is 0 Å². The number of nitrogens with one attached hydrogen (secondary N) is 1. The standard InChI is InChI=1S/C24H23NO3/c26-24(27)16-11-17-9-12-18(13-10-17)25-22-15-14-21-20(22)7-4-8-23(21)28-19-5-2-1-3-6-19/h1-10,12-13,22,25H,11,14-16H2,(H,26,27). The number of carboxylic acid groups (broad SMARTS) is 1. The molecule has 0 aromatic heterocycles. The van der Waals surface area contributed by atoms with Gasteiger partial charge in [-0.05, 0) is 60.7 Å². The van der Waals surface area contributed by atoms with Crippen molar-refractivity contribution in [2.24, 2.45) is 0 Å². The Kier molecular flexibility index (Phi) is 5.29. The topological polar surface area (TPSA) is 58.6 Å². The molecule has 1 unspecified atom stereocenters. The first-order chi connectivity index (χ1) is 13.7. The molecule has 3 aromatic rings. The van der Waals surface area contributed by atoms with Crippen LogP contribution in [0.15, 0.2) is 72.8 Å². The van der Waals surface area contributed by atoms with Crippen molar-refractivity contribution in [1.29, 1.82) is 0 Å². The normalized spacial score (nSPS) is 15.1. The van der Waals surface area contributed by atoms with Crippen LogP contribution in [-0.2, 0) is 17.6 Å². The summed E-state index contributed by atoms with van der Waals surface area (Å²) in [6, 6.07) is 24.4. The van der Waals surface area contributed by atoms with Gasteiger partial charge in [-0.3, -0.25) is 4.79 Å². The molecule has 4 heteroatoms. The number of fused-ring (bicyclic) bond motifs is 1. The molecule has 1 atom stereocenters. The summed E-state index contributed by atoms with van der Waals surface area (Å²) in [5.41, 5.74) is 4.63. The molecule has 0 bridgehead atoms. The van der Waals surface area contributed by atoms with Gasteiger partial charge in [0.15, 0.2) is 0 Å². The Bertz CT molecular complexity index is 951. The van der Waals surface area contributed by atoms with Gasteiger partial charge >= 0.3 is 5.97 Å². The van der Waals surface area contributed by atoms with E-state index < -0.39 is 5.97 Å². The lowest BCUT2D eigenvalue weighted by molar-refractivity contribution is -0.136. The summed E-state index contributed by atoms with van der Waals surface area (Å²) in [6.07, 6.45) is 2.72. The van der Waals surface area contributed by atoms with Gasteiger partial charge < -0.3 is 15.2 Å². The summed E-state index contributed by atoms with van der Waals surface area (Å²) in [6.45, 7) is 0. The Hall–Kier alpha value is -3.27. The van der Waals surface area contributed by atoms with E-state index in [9.17, 15) is 4.79 Å². The third kappa shape index (κ3) is 4.17. The molecule has 1 aliphatic rings. The van der Waals surface area contributed by atoms with E-state index in [4.69, 9.17) is 9.84 Å². The average molecular weight is 373 g/mol. The zero-order valence-corrected chi connectivity index (χ0v) is 15.6. The Morgan fingerprint density at radius 3 is 2.54 bits per heavy atom. The molecule has 0 amide bonds. The molecule has 0 radical (unpaired) electrons. The first-order valence-electron chi connectivity index (χ1n) is 9.61. The minimum atomic E-state index is -0.765. The quantitative estimate of drug-likeness (QED) is 0.566. The van der Waals surface area contributed by atoms with Crippen LogP contribution in [0.2, 0.25) is 0 Å². The summed E-state index contributed by atoms with van der Waals surface area (Å²) in [4.78, 5) is 10.7. The molecule has 0 fully saturated rings. The van der Waals surface area contributed by atoms with Crippen molar-refractivity contribution in [3.63, 3.8) is 0 Å². The number of rotatable bonds is 7. The second-order valence-corrected chi connectivity index (χ2v) is 7.07. The lowest BCUT2D eigenvalue weighted by atomic mass is 10.1. The van der Waals surface area contributed by atoms with Crippen LogP contribution in [0.3, 0.4) is 0 Å². The molecule has 0 spiro atoms. The average Bonchev–Trinajstić information content (AvgIpc) is 3.12. The van der Waals surface area contributed by atoms with Gasteiger partial charge in [-0.2, -0.15) is 0 Å². The van der Waals surface area contributed by atoms with E-state index in [0.29, 0.717) is 6.42 Å². The van der Waals surface area contributed by atoms with Gasteiger partial charge in [0, 0.05) is 17.7 Å². The number of para-hydroxylation sites is 1. The molecule has 0 heterocycles. The monoisotopic (exact) mass is 373 g/mol. The highest BCUT2D eigenvalue weighted by molar-refractivity contribution is 5.67. The molecule has 28 heavy (non-hydrogen) atoms. The second kappa shape index (κ2) is 8.17. The van der Waals surface area contributed by atoms with Crippen molar-refractivity contribution in [1.82, 2.24) is 0 Å². The van der Waals surface area contributed by atoms with Crippen LogP contribution in [0.4, 0.5) is 5.69 Å². The van der Waals surface area contributed by atoms with E-state index in [1.54, 1.807) is 0 Å². The highest BCUT2D eigenvalue weighted by Crippen LogP contribution is 2.40. The summed E-state index contributed by atoms with van der Waals surface area (Å²) in [5.74, 6) is 1.01. The van der Waals surface area contributed by atoms with Crippen LogP contribution in [-0.4, -0.2) is 11.1 Å². The smallest absolute Gasteiger partial charge is 0.303 e. The number of benzene rings is 3. The van der Waals surface area contributed by atoms with Crippen molar-refractivity contribution in [2.75, 3.05) is 5.32 Å². The fourth-order valence-electron chi connectivity index (χ4n) is 3.70. The lowest BCUT2D eigenvalue weighted by Gasteiger charge is -2.17. The van der Waals surface area contributed by atoms with E-state index in [1.807, 2.05) is 66.7 Å². The highest BCUT2D eigenvalue weighted by Gasteiger charge is 2.25. The van der Waals surface area contributed by atoms with Crippen LogP contribution in [0.5, 0.6) is 11.5 Å². The van der Waals surface area contributed by atoms with E-state index in [1.165, 1.54) is 11.1 Å². The first-order valence-corrected chi connectivity index (χ1v) is 9.61. The van der Waals surface area contributed by atoms with Gasteiger partial charge in [-0.15, -0.1) is 0 Å². The molecule has 4 rings (SSSR count). The van der Waals surface area contributed by atoms with Crippen LogP contribution < -0.4 is 10.1 Å². The maximum Gasteiger partial charge on any atom is 0.303 e. The Morgan fingerprint density at radius 2 is 1.79 bits per heavy atom. The zero-order valence-electron chi connectivity index (χ0n) is 15.6. The van der Waals surface area contributed by atoms with Crippen molar-refractivity contribution in [3.05, 3.63) is 89.5 Å². The van der Waals surface area contributed by atoms with E-state index >= 15 is 0 Å². The van der Waals surface area contributed by atoms with Crippen LogP contribution >= 0.6 is 0 Å². The molecule has 4 nitrogen and oxygen atoms in total. The Balaban J connectivity index is 1.46. The number of hydrogen-bond acceptors (Lipinski definition) is 3. The van der Waals surface area contributed by atoms with E-state index in [2.05, 4.69) is 11.4 Å². The summed E-state index contributed by atoms with van der Waals surface area (Å²) >= 11 is 0. The fourth-order valence-corrected chi connectivity index (χ4v) is 3.70. The van der Waals surface area contributed by atoms with Gasteiger partial charge in [0.25, 0.3) is 0 Å². The molecule has 3 aromatic carbocycles. The molecule has 1 aliphatic carbocycles. The predicted octanol–water partition coefficient (Wildman–Crippen LogP) is 5.60. The number of ether oxygens (including phenoxy) is 1. The number of carbonyl (C=O) groups is 1. The van der Waals surface area contributed by atoms with Gasteiger partial charge in [0.05, 0.1) is 6.04 Å². The molecular formula is C24H23NO3. The Morgan fingerprint density at radius 1 is 1.00 bits per heavy atom. The highest BCUT2D eigenvalue weighted by atomic mass is 16.5. The number of aliphatic carboxylic acids is 1. The summed E-state index contributed by atoms with van der Waals surface area (Å²) in [5, 5.41) is 12.4. The van der Waals surface area contributed by atoms with E-state index in [-0.39, 0.29) is 12.5 Å². The Labute approximate surface area is 164 Å². The molecule has 0 saturated heterocycles. The number of anilines is 1. The largest absolute Gasteiger partial charge is 0.481 e. The summed E-state index contributed by atoms with van der Waals surface area (Å²) in [7, 11) is 0. The van der Waals surface area contributed by atoms with Crippen LogP contribution in [0.1, 0.15) is 35.6 Å². The lowest BCUT2D eigenvalue weighted by Crippen LogP contribution is -2.07. The molecule has 142 valence electrons. The maximum absolute atomic E-state index is 10.7. The van der Waals surface area contributed by atoms with Gasteiger partial charge in [-0.1, -0.05) is 42.5 Å². The van der Waals surface area contributed by atoms with Crippen molar-refractivity contribution >= 4 is 11.7 Å². The fraction of sp³-hybridized carbons (Fsp3) is 0.208. The van der Waals surface area contributed by atoms with Gasteiger partial charge in [0.1, 0.15) is 11.5 Å². The molecule has 0 aliphatic heterocycles. The molecule has 0 saturated carbocycles. The van der Waals surface area contributed by atoms with E-state index in [0.717, 1.165) is 35.6 Å². The van der Waals surface area contributed by atoms with Crippen molar-refractivity contribution < 1.29 is 14.6 Å². The third-order valence-corrected chi connectivity index (χ3v) is 5.12. The molecule has 2 N–H and O–H groups in total. The number of carboxylic acids is 1. The first kappa shape index (κ1) is 18.1. The second-order valence-electron chi connectivity index (χ2n) is 7.07. The maximum atomic E-state index is 10.7. The number of hydrogen-bond donors (Lipinski definition) is 2. The van der Waals surface area contributed by atoms with Crippen molar-refractivity contribution in [2.45, 2.75) is 31.7 Å². The van der Waals surface area contributed by atoms with Gasteiger partial charge in [0.2, 0.25) is 0 Å². The summed E-state index contributed by atoms with van der Waals surface area (Å²) < 4.78 is 6.11. The van der Waals surface area contributed by atoms with Crippen molar-refractivity contribution in [3.8, 4) is 11.5 Å². The minimum Gasteiger partial charge on any atom is -0.481 e. The SMILES string of the molecule is O=C(O)CCc1ccc(NC2CCc3c(Oc4ccccc4)cccc32)cc1. The third-order valence-electron chi connectivity index (χ3n) is 5.12. The zero-order chi connectivity index (χ0) is 19.3. The minimum absolute atomic E-state index is 0.160. The predicted molar refractivity (Wildman–Crippen MR) is 110 cm³/mol.